The number of nitrogens with zero attached hydrogens (tertiary/aromatic N) is 7. The summed E-state index contributed by atoms with van der Waals surface area (Å²) in [6, 6.07) is 27.8. The number of aromatic nitrogens is 3. The minimum Gasteiger partial charge on any atom is -0.337 e. The van der Waals surface area contributed by atoms with Crippen molar-refractivity contribution in [1.29, 1.82) is 0 Å². The number of nitrogens with one attached hydrogen (secondary N) is 1. The Morgan fingerprint density at radius 3 is 2.54 bits per heavy atom. The summed E-state index contributed by atoms with van der Waals surface area (Å²) in [5.41, 5.74) is 5.92. The summed E-state index contributed by atoms with van der Waals surface area (Å²) in [6.45, 7) is 3.96. The lowest BCUT2D eigenvalue weighted by Gasteiger charge is -2.40. The minimum atomic E-state index is -0.471. The zero-order valence-corrected chi connectivity index (χ0v) is 22.3. The van der Waals surface area contributed by atoms with Gasteiger partial charge in [-0.05, 0) is 61.4 Å². The van der Waals surface area contributed by atoms with Crippen LogP contribution in [0, 0.1) is 24.0 Å². The molecule has 1 N–H and O–H groups in total. The quantitative estimate of drug-likeness (QED) is 0.203. The van der Waals surface area contributed by atoms with E-state index in [-0.39, 0.29) is 10.6 Å². The SMILES string of the molecule is Cc1cccc(NC2=Nc3ccccc3N3C2=Nc2c(c(C)nn2-c2ccccn2)C3c2cccc([N+](=O)[O-])c2)c1. The molecule has 5 aromatic rings. The topological polar surface area (TPSA) is 114 Å². The molecule has 0 aliphatic carbocycles. The van der Waals surface area contributed by atoms with Gasteiger partial charge in [-0.3, -0.25) is 10.1 Å². The summed E-state index contributed by atoms with van der Waals surface area (Å²) < 4.78 is 1.73. The molecule has 1 atom stereocenters. The Hall–Kier alpha value is -5.64. The molecule has 200 valence electrons. The highest BCUT2D eigenvalue weighted by Crippen LogP contribution is 2.48. The van der Waals surface area contributed by atoms with Crippen molar-refractivity contribution >= 4 is 40.2 Å². The fourth-order valence-electron chi connectivity index (χ4n) is 5.42. The number of non-ortho nitro benzene ring substituents is 1. The van der Waals surface area contributed by atoms with E-state index in [2.05, 4.69) is 15.2 Å². The van der Waals surface area contributed by atoms with Gasteiger partial charge in [-0.2, -0.15) is 9.78 Å². The van der Waals surface area contributed by atoms with Crippen molar-refractivity contribution in [2.24, 2.45) is 9.98 Å². The van der Waals surface area contributed by atoms with Crippen LogP contribution in [0.15, 0.2) is 107 Å². The van der Waals surface area contributed by atoms with Crippen LogP contribution in [0.2, 0.25) is 0 Å². The molecule has 0 fully saturated rings. The highest BCUT2D eigenvalue weighted by atomic mass is 16.6. The van der Waals surface area contributed by atoms with Crippen molar-refractivity contribution in [2.75, 3.05) is 10.2 Å². The van der Waals surface area contributed by atoms with Crippen LogP contribution in [-0.2, 0) is 0 Å². The third-order valence-electron chi connectivity index (χ3n) is 7.18. The standard InChI is InChI=1S/C31H24N8O2/c1-19-9-7-11-22(17-19)33-29-31-35-30-27(20(2)36-38(30)26-15-5-6-16-32-26)28(21-10-8-12-23(18-21)39(40)41)37(31)25-14-4-3-13-24(25)34-29/h3-18,28H,1-2H3,(H,33,34). The Bertz CT molecular complexity index is 1890. The van der Waals surface area contributed by atoms with Crippen molar-refractivity contribution in [3.05, 3.63) is 130 Å². The van der Waals surface area contributed by atoms with E-state index in [0.29, 0.717) is 23.3 Å². The lowest BCUT2D eigenvalue weighted by molar-refractivity contribution is -0.384. The van der Waals surface area contributed by atoms with Crippen LogP contribution in [0.25, 0.3) is 5.82 Å². The first-order chi connectivity index (χ1) is 20.0. The molecule has 10 heteroatoms. The Labute approximate surface area is 235 Å². The lowest BCUT2D eigenvalue weighted by atomic mass is 9.93. The second-order valence-electron chi connectivity index (χ2n) is 9.93. The van der Waals surface area contributed by atoms with Gasteiger partial charge in [0.05, 0.1) is 28.0 Å². The Kier molecular flexibility index (Phi) is 5.67. The molecule has 0 bridgehead atoms. The van der Waals surface area contributed by atoms with Crippen molar-refractivity contribution in [3.8, 4) is 5.82 Å². The lowest BCUT2D eigenvalue weighted by Crippen LogP contribution is -2.46. The number of amidine groups is 2. The fraction of sp³-hybridized carbons (Fsp3) is 0.0968. The molecule has 10 nitrogen and oxygen atoms in total. The van der Waals surface area contributed by atoms with Crippen molar-refractivity contribution in [3.63, 3.8) is 0 Å². The highest BCUT2D eigenvalue weighted by molar-refractivity contribution is 6.51. The summed E-state index contributed by atoms with van der Waals surface area (Å²) in [7, 11) is 0. The molecule has 0 saturated heterocycles. The second-order valence-corrected chi connectivity index (χ2v) is 9.93. The summed E-state index contributed by atoms with van der Waals surface area (Å²) in [4.78, 5) is 28.2. The molecular formula is C31H24N8O2. The molecule has 0 saturated carbocycles. The number of nitro benzene ring substituents is 1. The number of rotatable bonds is 4. The average molecular weight is 541 g/mol. The first-order valence-corrected chi connectivity index (χ1v) is 13.1. The summed E-state index contributed by atoms with van der Waals surface area (Å²) >= 11 is 0. The average Bonchev–Trinajstić information content (AvgIpc) is 3.32. The third kappa shape index (κ3) is 4.13. The molecule has 2 aromatic heterocycles. The van der Waals surface area contributed by atoms with Gasteiger partial charge in [0.25, 0.3) is 5.69 Å². The van der Waals surface area contributed by atoms with Crippen LogP contribution in [0.5, 0.6) is 0 Å². The van der Waals surface area contributed by atoms with Gasteiger partial charge < -0.3 is 10.2 Å². The molecule has 0 radical (unpaired) electrons. The number of pyridine rings is 1. The number of hydrogen-bond donors (Lipinski definition) is 1. The number of nitro groups is 1. The first-order valence-electron chi connectivity index (χ1n) is 13.1. The van der Waals surface area contributed by atoms with Gasteiger partial charge in [0.2, 0.25) is 0 Å². The number of benzene rings is 3. The molecule has 4 heterocycles. The second kappa shape index (κ2) is 9.53. The normalized spacial score (nSPS) is 15.3. The predicted octanol–water partition coefficient (Wildman–Crippen LogP) is 6.59. The number of anilines is 2. The van der Waals surface area contributed by atoms with Gasteiger partial charge in [0.1, 0.15) is 0 Å². The molecule has 0 amide bonds. The van der Waals surface area contributed by atoms with E-state index in [0.717, 1.165) is 39.4 Å². The molecule has 7 rings (SSSR count). The summed E-state index contributed by atoms with van der Waals surface area (Å²) in [5.74, 6) is 2.35. The molecule has 3 aromatic carbocycles. The Morgan fingerprint density at radius 1 is 0.902 bits per heavy atom. The van der Waals surface area contributed by atoms with E-state index >= 15 is 0 Å². The van der Waals surface area contributed by atoms with E-state index in [1.54, 1.807) is 23.0 Å². The number of aryl methyl sites for hydroxylation is 2. The third-order valence-corrected chi connectivity index (χ3v) is 7.18. The van der Waals surface area contributed by atoms with Crippen LogP contribution >= 0.6 is 0 Å². The largest absolute Gasteiger partial charge is 0.337 e. The Morgan fingerprint density at radius 2 is 1.73 bits per heavy atom. The fourth-order valence-corrected chi connectivity index (χ4v) is 5.42. The maximum absolute atomic E-state index is 11.8. The van der Waals surface area contributed by atoms with Gasteiger partial charge >= 0.3 is 0 Å². The molecule has 2 aliphatic rings. The van der Waals surface area contributed by atoms with Gasteiger partial charge in [0.15, 0.2) is 23.3 Å². The first kappa shape index (κ1) is 24.4. The Balaban J connectivity index is 1.51. The maximum Gasteiger partial charge on any atom is 0.269 e. The van der Waals surface area contributed by atoms with E-state index in [1.807, 2.05) is 86.6 Å². The predicted molar refractivity (Wildman–Crippen MR) is 159 cm³/mol. The summed E-state index contributed by atoms with van der Waals surface area (Å²) in [5, 5.41) is 20.2. The monoisotopic (exact) mass is 540 g/mol. The zero-order chi connectivity index (χ0) is 28.1. The van der Waals surface area contributed by atoms with Gasteiger partial charge in [-0.1, -0.05) is 42.5 Å². The van der Waals surface area contributed by atoms with E-state index < -0.39 is 6.04 Å². The maximum atomic E-state index is 11.8. The van der Waals surface area contributed by atoms with E-state index in [9.17, 15) is 10.1 Å². The van der Waals surface area contributed by atoms with Gasteiger partial charge in [0, 0.05) is 29.6 Å². The van der Waals surface area contributed by atoms with E-state index in [4.69, 9.17) is 15.1 Å². The van der Waals surface area contributed by atoms with E-state index in [1.165, 1.54) is 6.07 Å². The van der Waals surface area contributed by atoms with Crippen molar-refractivity contribution in [1.82, 2.24) is 14.8 Å². The molecule has 0 spiro atoms. The van der Waals surface area contributed by atoms with Crippen LogP contribution in [-0.4, -0.2) is 31.4 Å². The number of hydrogen-bond acceptors (Lipinski definition) is 8. The number of aliphatic imine (C=N–C) groups is 2. The van der Waals surface area contributed by atoms with Gasteiger partial charge in [-0.15, -0.1) is 0 Å². The van der Waals surface area contributed by atoms with Crippen molar-refractivity contribution in [2.45, 2.75) is 19.9 Å². The molecular weight excluding hydrogens is 516 g/mol. The number of fused-ring (bicyclic) bond motifs is 4. The van der Waals surface area contributed by atoms with Crippen LogP contribution in [0.3, 0.4) is 0 Å². The van der Waals surface area contributed by atoms with Crippen LogP contribution < -0.4 is 10.2 Å². The highest BCUT2D eigenvalue weighted by Gasteiger charge is 2.42. The minimum absolute atomic E-state index is 0.0138. The molecule has 41 heavy (non-hydrogen) atoms. The van der Waals surface area contributed by atoms with Crippen LogP contribution in [0.4, 0.5) is 28.6 Å². The van der Waals surface area contributed by atoms with Crippen LogP contribution in [0.1, 0.15) is 28.4 Å². The smallest absolute Gasteiger partial charge is 0.269 e. The zero-order valence-electron chi connectivity index (χ0n) is 22.3. The molecule has 1 unspecified atom stereocenters. The number of para-hydroxylation sites is 2. The van der Waals surface area contributed by atoms with Gasteiger partial charge in [-0.25, -0.2) is 15.0 Å². The molecule has 2 aliphatic heterocycles. The van der Waals surface area contributed by atoms with Crippen molar-refractivity contribution < 1.29 is 4.92 Å². The summed E-state index contributed by atoms with van der Waals surface area (Å²) in [6.07, 6.45) is 1.71.